The van der Waals surface area contributed by atoms with Crippen molar-refractivity contribution in [2.45, 2.75) is 19.4 Å². The molecular weight excluding hydrogens is 228 g/mol. The van der Waals surface area contributed by atoms with E-state index in [1.54, 1.807) is 7.11 Å². The molecule has 1 atom stereocenters. The van der Waals surface area contributed by atoms with Crippen LogP contribution in [0, 0.1) is 0 Å². The molecule has 4 N–H and O–H groups in total. The zero-order valence-electron chi connectivity index (χ0n) is 11.0. The molecule has 0 spiro atoms. The Morgan fingerprint density at radius 2 is 2.11 bits per heavy atom. The smallest absolute Gasteiger partial charge is 0.206 e. The minimum absolute atomic E-state index is 0.254. The van der Waals surface area contributed by atoms with Crippen LogP contribution in [0.2, 0.25) is 0 Å². The molecule has 0 saturated carbocycles. The summed E-state index contributed by atoms with van der Waals surface area (Å²) in [6.07, 6.45) is 0.922. The summed E-state index contributed by atoms with van der Waals surface area (Å²) in [4.78, 5) is 4.26. The minimum Gasteiger partial charge on any atom is -0.383 e. The number of guanidine groups is 1. The van der Waals surface area contributed by atoms with E-state index in [1.165, 1.54) is 5.56 Å². The first-order valence-corrected chi connectivity index (χ1v) is 6.06. The summed E-state index contributed by atoms with van der Waals surface area (Å²) in [6.45, 7) is 3.26. The summed E-state index contributed by atoms with van der Waals surface area (Å²) in [5, 5.41) is 3.23. The summed E-state index contributed by atoms with van der Waals surface area (Å²) >= 11 is 0. The van der Waals surface area contributed by atoms with Gasteiger partial charge >= 0.3 is 0 Å². The van der Waals surface area contributed by atoms with Gasteiger partial charge in [0.25, 0.3) is 0 Å². The van der Waals surface area contributed by atoms with Crippen molar-refractivity contribution in [1.29, 1.82) is 0 Å². The molecule has 1 aromatic rings. The first-order chi connectivity index (χ1) is 8.76. The van der Waals surface area contributed by atoms with Gasteiger partial charge in [0.2, 0.25) is 5.96 Å². The lowest BCUT2D eigenvalue weighted by molar-refractivity contribution is 0.208. The van der Waals surface area contributed by atoms with E-state index in [-0.39, 0.29) is 6.04 Å². The van der Waals surface area contributed by atoms with E-state index < -0.39 is 0 Å². The molecule has 0 amide bonds. The van der Waals surface area contributed by atoms with E-state index >= 15 is 0 Å². The van der Waals surface area contributed by atoms with Crippen LogP contribution < -0.4 is 16.6 Å². The van der Waals surface area contributed by atoms with E-state index in [4.69, 9.17) is 10.6 Å². The fourth-order valence-corrected chi connectivity index (χ4v) is 1.63. The van der Waals surface area contributed by atoms with Crippen molar-refractivity contribution < 1.29 is 4.74 Å². The Kier molecular flexibility index (Phi) is 6.83. The Hall–Kier alpha value is -1.59. The third-order valence-electron chi connectivity index (χ3n) is 2.47. The molecule has 1 aromatic carbocycles. The highest BCUT2D eigenvalue weighted by Gasteiger charge is 2.05. The Bertz CT molecular complexity index is 353. The Balaban J connectivity index is 2.42. The predicted molar refractivity (Wildman–Crippen MR) is 74.2 cm³/mol. The number of nitrogens with one attached hydrogen (secondary N) is 2. The summed E-state index contributed by atoms with van der Waals surface area (Å²) in [7, 11) is 1.65. The Morgan fingerprint density at radius 3 is 2.72 bits per heavy atom. The Morgan fingerprint density at radius 1 is 1.39 bits per heavy atom. The molecule has 1 rings (SSSR count). The number of aliphatic imine (C=N–C) groups is 1. The van der Waals surface area contributed by atoms with Crippen molar-refractivity contribution >= 4 is 5.96 Å². The first kappa shape index (κ1) is 14.5. The molecule has 5 heteroatoms. The normalized spacial score (nSPS) is 13.2. The van der Waals surface area contributed by atoms with Gasteiger partial charge in [0.15, 0.2) is 0 Å². The fraction of sp³-hybridized carbons (Fsp3) is 0.462. The molecule has 0 aliphatic carbocycles. The zero-order valence-corrected chi connectivity index (χ0v) is 11.0. The lowest BCUT2D eigenvalue weighted by atomic mass is 10.1. The predicted octanol–water partition coefficient (Wildman–Crippen LogP) is 0.673. The number of hydrazine groups is 1. The standard InChI is InChI=1S/C13H22N4O/c1-11(10-12-6-4-3-5-7-12)16-13(17-14)15-8-9-18-2/h3-7,11H,8-10,14H2,1-2H3,(H2,15,16,17). The van der Waals surface area contributed by atoms with Gasteiger partial charge in [-0.1, -0.05) is 30.3 Å². The van der Waals surface area contributed by atoms with Crippen LogP contribution in [-0.2, 0) is 11.2 Å². The number of nitrogens with two attached hydrogens (primary N) is 1. The van der Waals surface area contributed by atoms with Crippen LogP contribution in [0.5, 0.6) is 0 Å². The van der Waals surface area contributed by atoms with Gasteiger partial charge in [0.1, 0.15) is 0 Å². The highest BCUT2D eigenvalue weighted by Crippen LogP contribution is 2.02. The lowest BCUT2D eigenvalue weighted by Crippen LogP contribution is -2.46. The SMILES string of the molecule is COCCN=C(NN)NC(C)Cc1ccccc1. The second-order valence-corrected chi connectivity index (χ2v) is 4.10. The van der Waals surface area contributed by atoms with Crippen LogP contribution in [0.25, 0.3) is 0 Å². The minimum atomic E-state index is 0.254. The molecule has 1 unspecified atom stereocenters. The zero-order chi connectivity index (χ0) is 13.2. The van der Waals surface area contributed by atoms with Crippen LogP contribution in [0.4, 0.5) is 0 Å². The van der Waals surface area contributed by atoms with Gasteiger partial charge in [0.05, 0.1) is 13.2 Å². The van der Waals surface area contributed by atoms with E-state index in [9.17, 15) is 0 Å². The van der Waals surface area contributed by atoms with Crippen LogP contribution in [-0.4, -0.2) is 32.3 Å². The lowest BCUT2D eigenvalue weighted by Gasteiger charge is -2.16. The largest absolute Gasteiger partial charge is 0.383 e. The Labute approximate surface area is 108 Å². The quantitative estimate of drug-likeness (QED) is 0.228. The highest BCUT2D eigenvalue weighted by molar-refractivity contribution is 5.79. The molecule has 0 heterocycles. The number of hydrogen-bond acceptors (Lipinski definition) is 3. The van der Waals surface area contributed by atoms with E-state index in [2.05, 4.69) is 34.8 Å². The maximum absolute atomic E-state index is 5.41. The van der Waals surface area contributed by atoms with Crippen molar-refractivity contribution in [3.05, 3.63) is 35.9 Å². The van der Waals surface area contributed by atoms with Crippen molar-refractivity contribution in [3.8, 4) is 0 Å². The first-order valence-electron chi connectivity index (χ1n) is 6.06. The van der Waals surface area contributed by atoms with E-state index in [0.29, 0.717) is 19.1 Å². The highest BCUT2D eigenvalue weighted by atomic mass is 16.5. The van der Waals surface area contributed by atoms with Gasteiger partial charge in [-0.05, 0) is 18.9 Å². The third kappa shape index (κ3) is 5.65. The average Bonchev–Trinajstić information content (AvgIpc) is 2.39. The second-order valence-electron chi connectivity index (χ2n) is 4.10. The summed E-state index contributed by atoms with van der Waals surface area (Å²) < 4.78 is 4.93. The van der Waals surface area contributed by atoms with Crippen molar-refractivity contribution in [1.82, 2.24) is 10.7 Å². The van der Waals surface area contributed by atoms with Crippen molar-refractivity contribution in [2.75, 3.05) is 20.3 Å². The number of ether oxygens (including phenoxy) is 1. The monoisotopic (exact) mass is 250 g/mol. The molecule has 0 aliphatic heterocycles. The summed E-state index contributed by atoms with van der Waals surface area (Å²) in [5.74, 6) is 6.01. The molecule has 18 heavy (non-hydrogen) atoms. The molecule has 0 saturated heterocycles. The summed E-state index contributed by atoms with van der Waals surface area (Å²) in [5.41, 5.74) is 3.84. The van der Waals surface area contributed by atoms with Crippen LogP contribution in [0.15, 0.2) is 35.3 Å². The van der Waals surface area contributed by atoms with Crippen molar-refractivity contribution in [2.24, 2.45) is 10.8 Å². The maximum atomic E-state index is 5.41. The molecule has 0 aliphatic rings. The molecule has 0 fully saturated rings. The topological polar surface area (TPSA) is 71.7 Å². The van der Waals surface area contributed by atoms with Crippen LogP contribution >= 0.6 is 0 Å². The number of hydrogen-bond donors (Lipinski definition) is 3. The summed E-state index contributed by atoms with van der Waals surface area (Å²) in [6, 6.07) is 10.6. The van der Waals surface area contributed by atoms with Crippen LogP contribution in [0.3, 0.4) is 0 Å². The average molecular weight is 250 g/mol. The number of methoxy groups -OCH3 is 1. The van der Waals surface area contributed by atoms with Gasteiger partial charge in [-0.25, -0.2) is 10.8 Å². The second kappa shape index (κ2) is 8.49. The number of benzene rings is 1. The number of rotatable bonds is 6. The van der Waals surface area contributed by atoms with Gasteiger partial charge in [-0.15, -0.1) is 0 Å². The fourth-order valence-electron chi connectivity index (χ4n) is 1.63. The van der Waals surface area contributed by atoms with Gasteiger partial charge in [0, 0.05) is 13.2 Å². The number of nitrogens with zero attached hydrogens (tertiary/aromatic N) is 1. The van der Waals surface area contributed by atoms with Gasteiger partial charge < -0.3 is 10.1 Å². The molecule has 100 valence electrons. The molecule has 0 bridgehead atoms. The molecule has 5 nitrogen and oxygen atoms in total. The van der Waals surface area contributed by atoms with E-state index in [0.717, 1.165) is 6.42 Å². The maximum Gasteiger partial charge on any atom is 0.206 e. The molecule has 0 radical (unpaired) electrons. The molecule has 0 aromatic heterocycles. The third-order valence-corrected chi connectivity index (χ3v) is 2.47. The van der Waals surface area contributed by atoms with E-state index in [1.807, 2.05) is 18.2 Å². The van der Waals surface area contributed by atoms with Crippen molar-refractivity contribution in [3.63, 3.8) is 0 Å². The molecular formula is C13H22N4O. The van der Waals surface area contributed by atoms with Gasteiger partial charge in [-0.3, -0.25) is 5.43 Å². The van der Waals surface area contributed by atoms with Crippen LogP contribution in [0.1, 0.15) is 12.5 Å². The van der Waals surface area contributed by atoms with Gasteiger partial charge in [-0.2, -0.15) is 0 Å².